The van der Waals surface area contributed by atoms with E-state index in [1.54, 1.807) is 48.5 Å². The minimum Gasteiger partial charge on any atom is -0.837 e. The molecule has 2 heterocycles. The number of benzene rings is 2. The van der Waals surface area contributed by atoms with Crippen LogP contribution in [0.25, 0.3) is 11.4 Å². The zero-order chi connectivity index (χ0) is 19.8. The van der Waals surface area contributed by atoms with Gasteiger partial charge in [0.1, 0.15) is 25.9 Å². The summed E-state index contributed by atoms with van der Waals surface area (Å²) in [6, 6.07) is 17.6. The summed E-state index contributed by atoms with van der Waals surface area (Å²) in [5.74, 6) is -1.11. The summed E-state index contributed by atoms with van der Waals surface area (Å²) >= 11 is 0. The quantitative estimate of drug-likeness (QED) is 0.412. The molecule has 4 aromatic rings. The van der Waals surface area contributed by atoms with Crippen molar-refractivity contribution in [2.45, 2.75) is 10.1 Å². The number of para-hydroxylation sites is 2. The summed E-state index contributed by atoms with van der Waals surface area (Å²) in [7, 11) is 0.963. The van der Waals surface area contributed by atoms with E-state index in [1.807, 2.05) is 12.1 Å². The third-order valence-electron chi connectivity index (χ3n) is 4.14. The topological polar surface area (TPSA) is 107 Å². The third-order valence-corrected chi connectivity index (χ3v) is 5.72. The van der Waals surface area contributed by atoms with Gasteiger partial charge in [-0.25, -0.2) is 4.21 Å². The summed E-state index contributed by atoms with van der Waals surface area (Å²) in [6.07, 6.45) is 0. The third kappa shape index (κ3) is 2.83. The number of nitrogens with zero attached hydrogens (tertiary/aromatic N) is 6. The van der Waals surface area contributed by atoms with Gasteiger partial charge in [0.05, 0.1) is 10.4 Å². The minimum absolute atomic E-state index is 0.107. The van der Waals surface area contributed by atoms with Crippen molar-refractivity contribution in [3.8, 4) is 23.1 Å². The van der Waals surface area contributed by atoms with Gasteiger partial charge in [0.2, 0.25) is 0 Å². The Kier molecular flexibility index (Phi) is 4.40. The van der Waals surface area contributed by atoms with E-state index in [4.69, 9.17) is 0 Å². The van der Waals surface area contributed by atoms with Crippen molar-refractivity contribution in [1.82, 2.24) is 19.8 Å². The maximum Gasteiger partial charge on any atom is 0.256 e. The van der Waals surface area contributed by atoms with Crippen LogP contribution < -0.4 is 19.6 Å². The van der Waals surface area contributed by atoms with Crippen LogP contribution in [0.3, 0.4) is 0 Å². The second-order valence-corrected chi connectivity index (χ2v) is 7.32. The predicted molar refractivity (Wildman–Crippen MR) is 93.0 cm³/mol. The molecule has 4 rings (SSSR count). The molecule has 0 spiro atoms. The van der Waals surface area contributed by atoms with E-state index in [9.17, 15) is 14.4 Å². The smallest absolute Gasteiger partial charge is 0.256 e. The highest BCUT2D eigenvalue weighted by molar-refractivity contribution is 7.84. The van der Waals surface area contributed by atoms with Crippen LogP contribution in [0.1, 0.15) is 0 Å². The first-order valence-electron chi connectivity index (χ1n) is 8.34. The highest BCUT2D eigenvalue weighted by Gasteiger charge is 2.32. The molecule has 0 unspecified atom stereocenters. The van der Waals surface area contributed by atoms with Gasteiger partial charge >= 0.3 is 0 Å². The Morgan fingerprint density at radius 1 is 0.750 bits per heavy atom. The molecule has 28 heavy (non-hydrogen) atoms. The van der Waals surface area contributed by atoms with Crippen LogP contribution in [0.4, 0.5) is 0 Å². The lowest BCUT2D eigenvalue weighted by molar-refractivity contribution is -0.773. The van der Waals surface area contributed by atoms with Crippen molar-refractivity contribution in [2.24, 2.45) is 14.1 Å². The molecule has 0 amide bonds. The van der Waals surface area contributed by atoms with E-state index in [1.165, 1.54) is 23.5 Å². The van der Waals surface area contributed by atoms with Crippen LogP contribution in [0.15, 0.2) is 70.7 Å². The number of aryl methyl sites for hydroxylation is 2. The van der Waals surface area contributed by atoms with Crippen molar-refractivity contribution in [3.05, 3.63) is 60.7 Å². The summed E-state index contributed by atoms with van der Waals surface area (Å²) in [5, 5.41) is 33.8. The fraction of sp³-hybridized carbons (Fsp3) is 0.111. The monoisotopic (exact) mass is 396 g/mol. The summed E-state index contributed by atoms with van der Waals surface area (Å²) < 4.78 is 17.9. The van der Waals surface area contributed by atoms with E-state index in [-0.39, 0.29) is 10.1 Å². The Morgan fingerprint density at radius 3 is 1.46 bits per heavy atom. The molecule has 2 aromatic carbocycles. The number of hydrogen-bond acceptors (Lipinski definition) is 5. The average molecular weight is 396 g/mol. The van der Waals surface area contributed by atoms with E-state index in [0.717, 1.165) is 9.36 Å². The number of rotatable bonds is 4. The molecule has 0 N–H and O–H groups in total. The van der Waals surface area contributed by atoms with Crippen molar-refractivity contribution in [2.75, 3.05) is 0 Å². The normalized spacial score (nSPS) is 11.2. The van der Waals surface area contributed by atoms with Crippen LogP contribution in [0, 0.1) is 0 Å². The molecule has 9 nitrogen and oxygen atoms in total. The predicted octanol–water partition coefficient (Wildman–Crippen LogP) is -0.979. The van der Waals surface area contributed by atoms with Gasteiger partial charge in [-0.15, -0.1) is 18.7 Å². The molecule has 0 saturated carbocycles. The SMILES string of the molecule is C[n+]1nn(-c2ccccc2)c([O-])c1S(=O)c1c([O-])n(-c2ccccc2)n[n+]1C. The zero-order valence-electron chi connectivity index (χ0n) is 15.1. The maximum atomic E-state index is 13.2. The molecule has 0 aliphatic carbocycles. The maximum absolute atomic E-state index is 13.2. The van der Waals surface area contributed by atoms with Gasteiger partial charge < -0.3 is 10.2 Å². The minimum atomic E-state index is -2.06. The Labute approximate surface area is 162 Å². The van der Waals surface area contributed by atoms with E-state index in [0.29, 0.717) is 11.4 Å². The first-order valence-corrected chi connectivity index (χ1v) is 9.49. The lowest BCUT2D eigenvalue weighted by Crippen LogP contribution is -2.40. The van der Waals surface area contributed by atoms with Gasteiger partial charge in [-0.1, -0.05) is 36.4 Å². The van der Waals surface area contributed by atoms with Crippen LogP contribution >= 0.6 is 0 Å². The largest absolute Gasteiger partial charge is 0.837 e. The van der Waals surface area contributed by atoms with Crippen molar-refractivity contribution >= 4 is 10.8 Å². The Bertz CT molecular complexity index is 1080. The fourth-order valence-corrected chi connectivity index (χ4v) is 4.08. The van der Waals surface area contributed by atoms with Gasteiger partial charge in [0, 0.05) is 0 Å². The van der Waals surface area contributed by atoms with Crippen molar-refractivity contribution < 1.29 is 23.8 Å². The fourth-order valence-electron chi connectivity index (χ4n) is 2.86. The van der Waals surface area contributed by atoms with E-state index >= 15 is 0 Å². The summed E-state index contributed by atoms with van der Waals surface area (Å²) in [6.45, 7) is 0. The number of aromatic nitrogens is 6. The standard InChI is InChI=1S/C18H16N6O3S/c1-21-17(15(25)23(19-21)13-9-5-3-6-10-13)28(27)18-16(26)24(20-22(18)2)14-11-7-4-8-12-14/h3-12H,1-2H3. The molecule has 142 valence electrons. The molecular formula is C18H16N6O3S. The second kappa shape index (κ2) is 6.89. The highest BCUT2D eigenvalue weighted by Crippen LogP contribution is 2.25. The molecule has 0 atom stereocenters. The van der Waals surface area contributed by atoms with Gasteiger partial charge in [-0.3, -0.25) is 0 Å². The molecule has 0 saturated heterocycles. The van der Waals surface area contributed by atoms with Crippen molar-refractivity contribution in [3.63, 3.8) is 0 Å². The second-order valence-electron chi connectivity index (χ2n) is 6.01. The summed E-state index contributed by atoms with van der Waals surface area (Å²) in [5.41, 5.74) is 1.08. The van der Waals surface area contributed by atoms with E-state index < -0.39 is 22.6 Å². The molecule has 0 radical (unpaired) electrons. The molecular weight excluding hydrogens is 380 g/mol. The molecule has 0 fully saturated rings. The molecule has 0 aliphatic heterocycles. The van der Waals surface area contributed by atoms with Gasteiger partial charge in [0.25, 0.3) is 10.1 Å². The summed E-state index contributed by atoms with van der Waals surface area (Å²) in [4.78, 5) is 0. The Balaban J connectivity index is 1.82. The molecule has 2 aromatic heterocycles. The molecule has 10 heteroatoms. The van der Waals surface area contributed by atoms with Crippen LogP contribution in [0.2, 0.25) is 0 Å². The Morgan fingerprint density at radius 2 is 1.11 bits per heavy atom. The lowest BCUT2D eigenvalue weighted by Gasteiger charge is -2.05. The van der Waals surface area contributed by atoms with Gasteiger partial charge in [0.15, 0.2) is 22.2 Å². The Hall–Kier alpha value is -3.53. The van der Waals surface area contributed by atoms with Gasteiger partial charge in [-0.2, -0.15) is 0 Å². The lowest BCUT2D eigenvalue weighted by atomic mass is 10.3. The van der Waals surface area contributed by atoms with Crippen LogP contribution in [-0.2, 0) is 24.9 Å². The molecule has 0 bridgehead atoms. The molecule has 0 aliphatic rings. The van der Waals surface area contributed by atoms with E-state index in [2.05, 4.69) is 10.4 Å². The highest BCUT2D eigenvalue weighted by atomic mass is 32.2. The van der Waals surface area contributed by atoms with Crippen LogP contribution in [0.5, 0.6) is 11.8 Å². The van der Waals surface area contributed by atoms with Crippen molar-refractivity contribution in [1.29, 1.82) is 0 Å². The first kappa shape index (κ1) is 17.9. The van der Waals surface area contributed by atoms with Gasteiger partial charge in [-0.05, 0) is 24.3 Å². The zero-order valence-corrected chi connectivity index (χ0v) is 15.9. The number of hydrogen-bond donors (Lipinski definition) is 0. The van der Waals surface area contributed by atoms with Crippen LogP contribution in [-0.4, -0.2) is 24.0 Å². The average Bonchev–Trinajstić information content (AvgIpc) is 3.17. The first-order chi connectivity index (χ1) is 13.5.